The highest BCUT2D eigenvalue weighted by molar-refractivity contribution is 7.11. The van der Waals surface area contributed by atoms with Gasteiger partial charge in [0, 0.05) is 30.6 Å². The van der Waals surface area contributed by atoms with Crippen molar-refractivity contribution in [2.75, 3.05) is 26.7 Å². The number of ether oxygens (including phenoxy) is 2. The van der Waals surface area contributed by atoms with Gasteiger partial charge in [-0.05, 0) is 32.4 Å². The van der Waals surface area contributed by atoms with Crippen LogP contribution in [0, 0.1) is 0 Å². The van der Waals surface area contributed by atoms with E-state index in [0.717, 1.165) is 48.4 Å². The summed E-state index contributed by atoms with van der Waals surface area (Å²) in [6, 6.07) is 7.65. The molecule has 0 aliphatic heterocycles. The highest BCUT2D eigenvalue weighted by atomic mass is 32.1. The first-order valence-electron chi connectivity index (χ1n) is 9.41. The Morgan fingerprint density at radius 2 is 2.00 bits per heavy atom. The minimum Gasteiger partial charge on any atom is -0.493 e. The molecule has 1 aromatic carbocycles. The van der Waals surface area contributed by atoms with Crippen molar-refractivity contribution in [3.63, 3.8) is 0 Å². The molecule has 2 N–H and O–H groups in total. The van der Waals surface area contributed by atoms with Crippen molar-refractivity contribution in [1.82, 2.24) is 15.6 Å². The van der Waals surface area contributed by atoms with Crippen LogP contribution in [0.25, 0.3) is 0 Å². The molecule has 6 nitrogen and oxygen atoms in total. The number of nitrogens with one attached hydrogen (secondary N) is 2. The maximum Gasteiger partial charge on any atom is 0.191 e. The van der Waals surface area contributed by atoms with Crippen molar-refractivity contribution < 1.29 is 9.47 Å². The number of benzene rings is 1. The van der Waals surface area contributed by atoms with E-state index in [1.807, 2.05) is 37.4 Å². The van der Waals surface area contributed by atoms with E-state index < -0.39 is 0 Å². The second kappa shape index (κ2) is 11.4. The number of nitrogens with zero attached hydrogens (tertiary/aromatic N) is 2. The lowest BCUT2D eigenvalue weighted by Gasteiger charge is -2.16. The van der Waals surface area contributed by atoms with Crippen LogP contribution >= 0.6 is 11.3 Å². The van der Waals surface area contributed by atoms with Gasteiger partial charge in [-0.3, -0.25) is 0 Å². The van der Waals surface area contributed by atoms with Gasteiger partial charge in [0.05, 0.1) is 18.7 Å². The molecular formula is C20H30N4O2S. The van der Waals surface area contributed by atoms with Crippen molar-refractivity contribution >= 4 is 17.3 Å². The second-order valence-electron chi connectivity index (χ2n) is 6.05. The Kier molecular flexibility index (Phi) is 8.91. The Morgan fingerprint density at radius 1 is 1.22 bits per heavy atom. The lowest BCUT2D eigenvalue weighted by atomic mass is 10.3. The lowest BCUT2D eigenvalue weighted by Crippen LogP contribution is -2.39. The first-order valence-corrected chi connectivity index (χ1v) is 10.2. The van der Waals surface area contributed by atoms with E-state index in [1.165, 1.54) is 4.88 Å². The summed E-state index contributed by atoms with van der Waals surface area (Å²) >= 11 is 1.78. The number of rotatable bonds is 10. The van der Waals surface area contributed by atoms with Crippen LogP contribution in [-0.2, 0) is 12.8 Å². The number of aliphatic imine (C=N–C) groups is 1. The molecule has 0 aliphatic carbocycles. The van der Waals surface area contributed by atoms with Gasteiger partial charge in [0.15, 0.2) is 17.5 Å². The average Bonchev–Trinajstić information content (AvgIpc) is 3.14. The summed E-state index contributed by atoms with van der Waals surface area (Å²) in [7, 11) is 1.64. The molecule has 148 valence electrons. The van der Waals surface area contributed by atoms with Gasteiger partial charge < -0.3 is 20.1 Å². The van der Waals surface area contributed by atoms with Crippen molar-refractivity contribution in [3.05, 3.63) is 40.3 Å². The topological polar surface area (TPSA) is 67.8 Å². The number of guanidine groups is 1. The van der Waals surface area contributed by atoms with Crippen LogP contribution in [0.1, 0.15) is 30.7 Å². The SMILES string of the molecule is CCNC(=NCC(C)Oc1ccccc1OC)NCCc1ncc(CC)s1. The van der Waals surface area contributed by atoms with Gasteiger partial charge in [-0.1, -0.05) is 19.1 Å². The smallest absolute Gasteiger partial charge is 0.191 e. The number of methoxy groups -OCH3 is 1. The average molecular weight is 391 g/mol. The number of thiazole rings is 1. The third-order valence-electron chi connectivity index (χ3n) is 3.83. The van der Waals surface area contributed by atoms with Crippen molar-refractivity contribution in [1.29, 1.82) is 0 Å². The molecule has 1 unspecified atom stereocenters. The molecule has 2 aromatic rings. The van der Waals surface area contributed by atoms with Crippen LogP contribution in [0.3, 0.4) is 0 Å². The Hall–Kier alpha value is -2.28. The van der Waals surface area contributed by atoms with Gasteiger partial charge >= 0.3 is 0 Å². The first kappa shape index (κ1) is 21.0. The van der Waals surface area contributed by atoms with Crippen molar-refractivity contribution in [2.45, 2.75) is 39.7 Å². The van der Waals surface area contributed by atoms with E-state index in [4.69, 9.17) is 9.47 Å². The molecule has 0 aliphatic rings. The quantitative estimate of drug-likeness (QED) is 0.481. The van der Waals surface area contributed by atoms with E-state index >= 15 is 0 Å². The molecule has 0 bridgehead atoms. The van der Waals surface area contributed by atoms with Crippen LogP contribution in [0.5, 0.6) is 11.5 Å². The molecule has 1 aromatic heterocycles. The molecule has 2 rings (SSSR count). The fourth-order valence-corrected chi connectivity index (χ4v) is 3.31. The van der Waals surface area contributed by atoms with Gasteiger partial charge in [-0.2, -0.15) is 0 Å². The standard InChI is InChI=1S/C20H30N4O2S/c1-5-16-14-23-19(27-16)11-12-22-20(21-6-2)24-13-15(3)26-18-10-8-7-9-17(18)25-4/h7-10,14-15H,5-6,11-13H2,1-4H3,(H2,21,22,24). The highest BCUT2D eigenvalue weighted by Gasteiger charge is 2.09. The van der Waals surface area contributed by atoms with Crippen molar-refractivity contribution in [2.24, 2.45) is 4.99 Å². The van der Waals surface area contributed by atoms with Crippen LogP contribution in [0.2, 0.25) is 0 Å². The highest BCUT2D eigenvalue weighted by Crippen LogP contribution is 2.26. The molecule has 0 radical (unpaired) electrons. The summed E-state index contributed by atoms with van der Waals surface area (Å²) in [5, 5.41) is 7.79. The summed E-state index contributed by atoms with van der Waals surface area (Å²) in [4.78, 5) is 10.4. The molecular weight excluding hydrogens is 360 g/mol. The second-order valence-corrected chi connectivity index (χ2v) is 7.25. The van der Waals surface area contributed by atoms with E-state index in [9.17, 15) is 0 Å². The monoisotopic (exact) mass is 390 g/mol. The fraction of sp³-hybridized carbons (Fsp3) is 0.500. The lowest BCUT2D eigenvalue weighted by molar-refractivity contribution is 0.219. The van der Waals surface area contributed by atoms with Crippen LogP contribution in [0.15, 0.2) is 35.5 Å². The zero-order valence-electron chi connectivity index (χ0n) is 16.6. The number of hydrogen-bond donors (Lipinski definition) is 2. The van der Waals surface area contributed by atoms with Gasteiger partial charge in [0.1, 0.15) is 6.10 Å². The number of aromatic nitrogens is 1. The molecule has 0 amide bonds. The number of hydrogen-bond acceptors (Lipinski definition) is 5. The van der Waals surface area contributed by atoms with E-state index in [2.05, 4.69) is 34.5 Å². The summed E-state index contributed by atoms with van der Waals surface area (Å²) < 4.78 is 11.3. The number of para-hydroxylation sites is 2. The minimum absolute atomic E-state index is 0.0668. The maximum absolute atomic E-state index is 5.96. The van der Waals surface area contributed by atoms with Gasteiger partial charge in [-0.15, -0.1) is 11.3 Å². The Labute approximate surface area is 166 Å². The van der Waals surface area contributed by atoms with E-state index in [1.54, 1.807) is 18.4 Å². The summed E-state index contributed by atoms with van der Waals surface area (Å²) in [5.41, 5.74) is 0. The van der Waals surface area contributed by atoms with E-state index in [0.29, 0.717) is 6.54 Å². The molecule has 7 heteroatoms. The molecule has 27 heavy (non-hydrogen) atoms. The van der Waals surface area contributed by atoms with Crippen molar-refractivity contribution in [3.8, 4) is 11.5 Å². The zero-order chi connectivity index (χ0) is 19.5. The molecule has 1 atom stereocenters. The molecule has 0 spiro atoms. The van der Waals surface area contributed by atoms with Gasteiger partial charge in [-0.25, -0.2) is 9.98 Å². The summed E-state index contributed by atoms with van der Waals surface area (Å²) in [5.74, 6) is 2.25. The third-order valence-corrected chi connectivity index (χ3v) is 5.03. The Bertz CT molecular complexity index is 718. The summed E-state index contributed by atoms with van der Waals surface area (Å²) in [6.45, 7) is 8.36. The van der Waals surface area contributed by atoms with E-state index in [-0.39, 0.29) is 6.10 Å². The molecule has 1 heterocycles. The largest absolute Gasteiger partial charge is 0.493 e. The third kappa shape index (κ3) is 7.09. The predicted molar refractivity (Wildman–Crippen MR) is 112 cm³/mol. The molecule has 0 fully saturated rings. The first-order chi connectivity index (χ1) is 13.2. The van der Waals surface area contributed by atoms with Crippen LogP contribution in [0.4, 0.5) is 0 Å². The predicted octanol–water partition coefficient (Wildman–Crippen LogP) is 3.28. The minimum atomic E-state index is -0.0668. The Balaban J connectivity index is 1.84. The molecule has 0 saturated carbocycles. The maximum atomic E-state index is 5.96. The Morgan fingerprint density at radius 3 is 2.67 bits per heavy atom. The normalized spacial score (nSPS) is 12.5. The van der Waals surface area contributed by atoms with Crippen LogP contribution in [-0.4, -0.2) is 43.8 Å². The zero-order valence-corrected chi connectivity index (χ0v) is 17.4. The summed E-state index contributed by atoms with van der Waals surface area (Å²) in [6.07, 6.45) is 3.83. The van der Waals surface area contributed by atoms with Gasteiger partial charge in [0.2, 0.25) is 0 Å². The van der Waals surface area contributed by atoms with Gasteiger partial charge in [0.25, 0.3) is 0 Å². The fourth-order valence-electron chi connectivity index (χ4n) is 2.45. The number of aryl methyl sites for hydroxylation is 1. The molecule has 0 saturated heterocycles. The van der Waals surface area contributed by atoms with Crippen LogP contribution < -0.4 is 20.1 Å².